The highest BCUT2D eigenvalue weighted by Crippen LogP contribution is 2.37. The Morgan fingerprint density at radius 2 is 2.22 bits per heavy atom. The summed E-state index contributed by atoms with van der Waals surface area (Å²) in [6, 6.07) is 11.2. The third-order valence-electron chi connectivity index (χ3n) is 3.39. The monoisotopic (exact) mass is 256 g/mol. The minimum absolute atomic E-state index is 0.464. The maximum atomic E-state index is 4.19. The summed E-state index contributed by atoms with van der Waals surface area (Å²) < 4.78 is 0. The second-order valence-corrected chi connectivity index (χ2v) is 5.65. The van der Waals surface area contributed by atoms with Gasteiger partial charge in [-0.15, -0.1) is 11.8 Å². The highest BCUT2D eigenvalue weighted by Gasteiger charge is 2.21. The number of hydrogen-bond donors (Lipinski definition) is 1. The first-order valence-electron chi connectivity index (χ1n) is 6.19. The zero-order chi connectivity index (χ0) is 12.4. The fourth-order valence-corrected chi connectivity index (χ4v) is 3.44. The Morgan fingerprint density at radius 3 is 3.11 bits per heavy atom. The lowest BCUT2D eigenvalue weighted by Crippen LogP contribution is -2.21. The number of nitrogens with zero attached hydrogens (tertiary/aromatic N) is 1. The van der Waals surface area contributed by atoms with Crippen LogP contribution in [0.2, 0.25) is 0 Å². The molecule has 2 nitrogen and oxygen atoms in total. The maximum Gasteiger partial charge on any atom is 0.0429 e. The molecule has 18 heavy (non-hydrogen) atoms. The van der Waals surface area contributed by atoms with Crippen LogP contribution in [0.1, 0.15) is 22.7 Å². The van der Waals surface area contributed by atoms with Gasteiger partial charge in [-0.25, -0.2) is 0 Å². The Kier molecular flexibility index (Phi) is 3.35. The normalized spacial score (nSPS) is 17.7. The second-order valence-electron chi connectivity index (χ2n) is 4.58. The lowest BCUT2D eigenvalue weighted by molar-refractivity contribution is 0.581. The number of pyridine rings is 1. The van der Waals surface area contributed by atoms with Crippen LogP contribution in [-0.2, 0) is 6.54 Å². The summed E-state index contributed by atoms with van der Waals surface area (Å²) in [5.74, 6) is 1.12. The Hall–Kier alpha value is -1.32. The molecule has 0 bridgehead atoms. The molecule has 1 aromatic heterocycles. The SMILES string of the molecule is Cc1ccncc1CNC1CSc2ccccc21. The van der Waals surface area contributed by atoms with Crippen LogP contribution in [0.4, 0.5) is 0 Å². The summed E-state index contributed by atoms with van der Waals surface area (Å²) in [4.78, 5) is 5.60. The number of hydrogen-bond acceptors (Lipinski definition) is 3. The van der Waals surface area contributed by atoms with E-state index in [2.05, 4.69) is 47.6 Å². The Balaban J connectivity index is 1.71. The van der Waals surface area contributed by atoms with E-state index in [4.69, 9.17) is 0 Å². The number of benzene rings is 1. The van der Waals surface area contributed by atoms with Crippen molar-refractivity contribution in [3.63, 3.8) is 0 Å². The van der Waals surface area contributed by atoms with Gasteiger partial charge in [0.25, 0.3) is 0 Å². The van der Waals surface area contributed by atoms with Crippen LogP contribution in [0.5, 0.6) is 0 Å². The third kappa shape index (κ3) is 2.28. The highest BCUT2D eigenvalue weighted by atomic mass is 32.2. The van der Waals surface area contributed by atoms with Gasteiger partial charge in [-0.05, 0) is 35.7 Å². The van der Waals surface area contributed by atoms with E-state index in [0.717, 1.165) is 12.3 Å². The zero-order valence-corrected chi connectivity index (χ0v) is 11.2. The van der Waals surface area contributed by atoms with Crippen molar-refractivity contribution in [3.05, 3.63) is 59.4 Å². The van der Waals surface area contributed by atoms with Crippen molar-refractivity contribution in [3.8, 4) is 0 Å². The van der Waals surface area contributed by atoms with Gasteiger partial charge in [-0.2, -0.15) is 0 Å². The topological polar surface area (TPSA) is 24.9 Å². The first-order chi connectivity index (χ1) is 8.84. The highest BCUT2D eigenvalue weighted by molar-refractivity contribution is 7.99. The van der Waals surface area contributed by atoms with Crippen LogP contribution in [0.3, 0.4) is 0 Å². The van der Waals surface area contributed by atoms with Gasteiger partial charge in [0.2, 0.25) is 0 Å². The predicted molar refractivity (Wildman–Crippen MR) is 75.7 cm³/mol. The Morgan fingerprint density at radius 1 is 1.33 bits per heavy atom. The van der Waals surface area contributed by atoms with Crippen molar-refractivity contribution >= 4 is 11.8 Å². The molecule has 0 radical (unpaired) electrons. The van der Waals surface area contributed by atoms with Crippen LogP contribution in [0.25, 0.3) is 0 Å². The van der Waals surface area contributed by atoms with Gasteiger partial charge in [0.05, 0.1) is 0 Å². The van der Waals surface area contributed by atoms with Crippen LogP contribution in [0, 0.1) is 6.92 Å². The largest absolute Gasteiger partial charge is 0.305 e. The molecule has 0 saturated heterocycles. The van der Waals surface area contributed by atoms with E-state index in [9.17, 15) is 0 Å². The summed E-state index contributed by atoms with van der Waals surface area (Å²) in [5.41, 5.74) is 4.02. The molecule has 2 heterocycles. The van der Waals surface area contributed by atoms with Gasteiger partial charge in [-0.1, -0.05) is 18.2 Å². The van der Waals surface area contributed by atoms with Crippen molar-refractivity contribution in [1.82, 2.24) is 10.3 Å². The molecule has 1 aliphatic rings. The van der Waals surface area contributed by atoms with Crippen LogP contribution < -0.4 is 5.32 Å². The summed E-state index contributed by atoms with van der Waals surface area (Å²) in [6.45, 7) is 3.02. The van der Waals surface area contributed by atoms with Crippen molar-refractivity contribution in [2.45, 2.75) is 24.4 Å². The van der Waals surface area contributed by atoms with Crippen LogP contribution in [0.15, 0.2) is 47.6 Å². The number of aryl methyl sites for hydroxylation is 1. The Bertz CT molecular complexity index is 554. The van der Waals surface area contributed by atoms with E-state index in [1.165, 1.54) is 21.6 Å². The lowest BCUT2D eigenvalue weighted by Gasteiger charge is -2.14. The van der Waals surface area contributed by atoms with Gasteiger partial charge >= 0.3 is 0 Å². The van der Waals surface area contributed by atoms with Crippen molar-refractivity contribution in [2.24, 2.45) is 0 Å². The molecule has 1 N–H and O–H groups in total. The molecule has 0 saturated carbocycles. The van der Waals surface area contributed by atoms with Gasteiger partial charge in [0, 0.05) is 35.6 Å². The molecule has 3 rings (SSSR count). The number of thioether (sulfide) groups is 1. The fraction of sp³-hybridized carbons (Fsp3) is 0.267. The van der Waals surface area contributed by atoms with Crippen molar-refractivity contribution in [2.75, 3.05) is 5.75 Å². The first kappa shape index (κ1) is 11.8. The van der Waals surface area contributed by atoms with E-state index in [-0.39, 0.29) is 0 Å². The number of rotatable bonds is 3. The molecule has 0 fully saturated rings. The van der Waals surface area contributed by atoms with E-state index >= 15 is 0 Å². The zero-order valence-electron chi connectivity index (χ0n) is 10.4. The summed E-state index contributed by atoms with van der Waals surface area (Å²) in [5, 5.41) is 3.63. The molecule has 3 heteroatoms. The molecule has 0 aliphatic carbocycles. The molecule has 0 amide bonds. The molecule has 2 aromatic rings. The lowest BCUT2D eigenvalue weighted by atomic mass is 10.1. The molecule has 0 spiro atoms. The van der Waals surface area contributed by atoms with Gasteiger partial charge in [0.1, 0.15) is 0 Å². The quantitative estimate of drug-likeness (QED) is 0.912. The second kappa shape index (κ2) is 5.12. The smallest absolute Gasteiger partial charge is 0.0429 e. The van der Waals surface area contributed by atoms with E-state index in [1.807, 2.05) is 24.2 Å². The van der Waals surface area contributed by atoms with Gasteiger partial charge < -0.3 is 5.32 Å². The average molecular weight is 256 g/mol. The van der Waals surface area contributed by atoms with Crippen LogP contribution >= 0.6 is 11.8 Å². The summed E-state index contributed by atoms with van der Waals surface area (Å²) in [6.07, 6.45) is 3.80. The van der Waals surface area contributed by atoms with Crippen molar-refractivity contribution in [1.29, 1.82) is 0 Å². The number of fused-ring (bicyclic) bond motifs is 1. The predicted octanol–water partition coefficient (Wildman–Crippen LogP) is 3.33. The summed E-state index contributed by atoms with van der Waals surface area (Å²) in [7, 11) is 0. The van der Waals surface area contributed by atoms with E-state index in [0.29, 0.717) is 6.04 Å². The standard InChI is InChI=1S/C15H16N2S/c1-11-6-7-16-8-12(11)9-17-14-10-18-15-5-3-2-4-13(14)15/h2-8,14,17H,9-10H2,1H3. The van der Waals surface area contributed by atoms with Crippen LogP contribution in [-0.4, -0.2) is 10.7 Å². The molecular weight excluding hydrogens is 240 g/mol. The molecule has 1 unspecified atom stereocenters. The average Bonchev–Trinajstić information content (AvgIpc) is 2.81. The minimum atomic E-state index is 0.464. The maximum absolute atomic E-state index is 4.19. The molecule has 1 aliphatic heterocycles. The first-order valence-corrected chi connectivity index (χ1v) is 7.18. The molecular formula is C15H16N2S. The fourth-order valence-electron chi connectivity index (χ4n) is 2.25. The molecule has 1 aromatic carbocycles. The Labute approximate surface area is 112 Å². The molecule has 92 valence electrons. The van der Waals surface area contributed by atoms with Gasteiger partial charge in [-0.3, -0.25) is 4.98 Å². The van der Waals surface area contributed by atoms with Gasteiger partial charge in [0.15, 0.2) is 0 Å². The number of nitrogens with one attached hydrogen (secondary N) is 1. The van der Waals surface area contributed by atoms with Crippen molar-refractivity contribution < 1.29 is 0 Å². The third-order valence-corrected chi connectivity index (χ3v) is 4.57. The minimum Gasteiger partial charge on any atom is -0.305 e. The summed E-state index contributed by atoms with van der Waals surface area (Å²) >= 11 is 1.94. The number of aromatic nitrogens is 1. The van der Waals surface area contributed by atoms with E-state index in [1.54, 1.807) is 0 Å². The molecule has 1 atom stereocenters. The van der Waals surface area contributed by atoms with E-state index < -0.39 is 0 Å².